The third kappa shape index (κ3) is 6.00. The van der Waals surface area contributed by atoms with Gasteiger partial charge in [0.25, 0.3) is 0 Å². The second kappa shape index (κ2) is 10.2. The van der Waals surface area contributed by atoms with Crippen LogP contribution in [0.3, 0.4) is 0 Å². The van der Waals surface area contributed by atoms with E-state index in [4.69, 9.17) is 0 Å². The van der Waals surface area contributed by atoms with Crippen LogP contribution in [0.2, 0.25) is 0 Å². The van der Waals surface area contributed by atoms with Crippen LogP contribution in [0, 0.1) is 0 Å². The highest BCUT2D eigenvalue weighted by Gasteiger charge is 2.06. The zero-order valence-electron chi connectivity index (χ0n) is 14.7. The van der Waals surface area contributed by atoms with Gasteiger partial charge in [0, 0.05) is 11.1 Å². The van der Waals surface area contributed by atoms with Crippen LogP contribution in [-0.4, -0.2) is 10.2 Å². The Bertz CT molecular complexity index is 707. The Labute approximate surface area is 150 Å². The van der Waals surface area contributed by atoms with Crippen molar-refractivity contribution in [2.45, 2.75) is 32.6 Å². The van der Waals surface area contributed by atoms with Gasteiger partial charge in [0.05, 0.1) is 0 Å². The van der Waals surface area contributed by atoms with Gasteiger partial charge in [0.15, 0.2) is 0 Å². The summed E-state index contributed by atoms with van der Waals surface area (Å²) in [7, 11) is 0. The predicted molar refractivity (Wildman–Crippen MR) is 105 cm³/mol. The average Bonchev–Trinajstić information content (AvgIpc) is 2.65. The average molecular weight is 334 g/mol. The van der Waals surface area contributed by atoms with Crippen LogP contribution in [0.5, 0.6) is 11.5 Å². The van der Waals surface area contributed by atoms with Crippen molar-refractivity contribution in [3.05, 3.63) is 84.4 Å². The van der Waals surface area contributed by atoms with E-state index in [2.05, 4.69) is 37.3 Å². The molecule has 0 aliphatic carbocycles. The fourth-order valence-corrected chi connectivity index (χ4v) is 2.63. The second-order valence-electron chi connectivity index (χ2n) is 5.98. The lowest BCUT2D eigenvalue weighted by molar-refractivity contribution is 0.469. The summed E-state index contributed by atoms with van der Waals surface area (Å²) in [5.41, 5.74) is 2.76. The molecule has 3 aromatic rings. The van der Waals surface area contributed by atoms with Gasteiger partial charge < -0.3 is 10.2 Å². The molecule has 0 atom stereocenters. The molecule has 0 unspecified atom stereocenters. The third-order valence-corrected chi connectivity index (χ3v) is 4.01. The number of hydrogen-bond donors (Lipinski definition) is 2. The van der Waals surface area contributed by atoms with Crippen LogP contribution in [0.4, 0.5) is 0 Å². The van der Waals surface area contributed by atoms with Gasteiger partial charge in [0.1, 0.15) is 11.5 Å². The summed E-state index contributed by atoms with van der Waals surface area (Å²) in [6.07, 6.45) is 5.25. The fraction of sp³-hybridized carbons (Fsp3) is 0.217. The Morgan fingerprint density at radius 1 is 0.600 bits per heavy atom. The Balaban J connectivity index is 0.000000186. The lowest BCUT2D eigenvalue weighted by Crippen LogP contribution is -1.83. The molecule has 2 N–H and O–H groups in total. The molecule has 0 bridgehead atoms. The summed E-state index contributed by atoms with van der Waals surface area (Å²) in [4.78, 5) is 0. The maximum Gasteiger partial charge on any atom is 0.123 e. The molecule has 0 amide bonds. The Morgan fingerprint density at radius 2 is 1.08 bits per heavy atom. The van der Waals surface area contributed by atoms with Crippen molar-refractivity contribution in [3.8, 4) is 22.6 Å². The molecule has 0 heterocycles. The third-order valence-electron chi connectivity index (χ3n) is 4.01. The second-order valence-corrected chi connectivity index (χ2v) is 5.98. The standard InChI is InChI=1S/C12H10O2.C11H16/c13-11-7-3-1-5-9(11)10-6-2-4-8-12(10)14;1-2-3-5-8-11-9-6-4-7-10-11/h1-8,13-14H;4,6-7,9-10H,2-3,5,8H2,1H3. The highest BCUT2D eigenvalue weighted by molar-refractivity contribution is 5.74. The minimum absolute atomic E-state index is 0.175. The Kier molecular flexibility index (Phi) is 7.58. The van der Waals surface area contributed by atoms with E-state index >= 15 is 0 Å². The number of benzene rings is 3. The SMILES string of the molecule is CCCCCc1ccccc1.Oc1ccccc1-c1ccccc1O. The molecule has 0 fully saturated rings. The zero-order valence-corrected chi connectivity index (χ0v) is 14.7. The van der Waals surface area contributed by atoms with Crippen molar-refractivity contribution >= 4 is 0 Å². The van der Waals surface area contributed by atoms with E-state index in [1.54, 1.807) is 36.4 Å². The first-order valence-electron chi connectivity index (χ1n) is 8.82. The van der Waals surface area contributed by atoms with Crippen molar-refractivity contribution in [3.63, 3.8) is 0 Å². The van der Waals surface area contributed by atoms with E-state index in [9.17, 15) is 10.2 Å². The van der Waals surface area contributed by atoms with E-state index in [-0.39, 0.29) is 11.5 Å². The molecule has 0 aliphatic heterocycles. The van der Waals surface area contributed by atoms with Crippen LogP contribution in [-0.2, 0) is 6.42 Å². The number of hydrogen-bond acceptors (Lipinski definition) is 2. The molecule has 0 saturated carbocycles. The van der Waals surface area contributed by atoms with Gasteiger partial charge in [-0.2, -0.15) is 0 Å². The largest absolute Gasteiger partial charge is 0.507 e. The van der Waals surface area contributed by atoms with E-state index < -0.39 is 0 Å². The molecule has 25 heavy (non-hydrogen) atoms. The van der Waals surface area contributed by atoms with Gasteiger partial charge in [-0.3, -0.25) is 0 Å². The summed E-state index contributed by atoms with van der Waals surface area (Å²) in [5.74, 6) is 0.350. The van der Waals surface area contributed by atoms with E-state index in [0.717, 1.165) is 0 Å². The molecule has 0 aromatic heterocycles. The highest BCUT2D eigenvalue weighted by Crippen LogP contribution is 2.34. The van der Waals surface area contributed by atoms with Crippen LogP contribution in [0.15, 0.2) is 78.9 Å². The van der Waals surface area contributed by atoms with Crippen molar-refractivity contribution in [1.29, 1.82) is 0 Å². The van der Waals surface area contributed by atoms with Crippen molar-refractivity contribution < 1.29 is 10.2 Å². The monoisotopic (exact) mass is 334 g/mol. The minimum atomic E-state index is 0.175. The lowest BCUT2D eigenvalue weighted by atomic mass is 10.0. The van der Waals surface area contributed by atoms with Gasteiger partial charge in [-0.25, -0.2) is 0 Å². The molecule has 0 radical (unpaired) electrons. The number of rotatable bonds is 5. The summed E-state index contributed by atoms with van der Waals surface area (Å²) >= 11 is 0. The predicted octanol–water partition coefficient (Wildman–Crippen LogP) is 6.18. The first kappa shape index (κ1) is 18.6. The quantitative estimate of drug-likeness (QED) is 0.547. The van der Waals surface area contributed by atoms with Gasteiger partial charge in [0.2, 0.25) is 0 Å². The molecule has 3 rings (SSSR count). The first-order valence-corrected chi connectivity index (χ1v) is 8.82. The maximum atomic E-state index is 9.58. The molecule has 2 heteroatoms. The Hall–Kier alpha value is -2.74. The number of aromatic hydroxyl groups is 2. The molecule has 130 valence electrons. The summed E-state index contributed by atoms with van der Waals surface area (Å²) in [5, 5.41) is 19.2. The first-order chi connectivity index (χ1) is 12.2. The van der Waals surface area contributed by atoms with Crippen LogP contribution in [0.1, 0.15) is 31.7 Å². The number of phenols is 2. The topological polar surface area (TPSA) is 40.5 Å². The van der Waals surface area contributed by atoms with E-state index in [0.29, 0.717) is 11.1 Å². The van der Waals surface area contributed by atoms with Crippen LogP contribution in [0.25, 0.3) is 11.1 Å². The summed E-state index contributed by atoms with van der Waals surface area (Å²) < 4.78 is 0. The smallest absolute Gasteiger partial charge is 0.123 e. The molecular formula is C23H26O2. The van der Waals surface area contributed by atoms with Crippen LogP contribution < -0.4 is 0 Å². The van der Waals surface area contributed by atoms with Crippen molar-refractivity contribution in [2.75, 3.05) is 0 Å². The number of unbranched alkanes of at least 4 members (excludes halogenated alkanes) is 2. The van der Waals surface area contributed by atoms with Gasteiger partial charge in [-0.05, 0) is 30.5 Å². The molecular weight excluding hydrogens is 308 g/mol. The van der Waals surface area contributed by atoms with Gasteiger partial charge in [-0.1, -0.05) is 86.5 Å². The highest BCUT2D eigenvalue weighted by atomic mass is 16.3. The van der Waals surface area contributed by atoms with Crippen molar-refractivity contribution in [2.24, 2.45) is 0 Å². The van der Waals surface area contributed by atoms with Gasteiger partial charge in [-0.15, -0.1) is 0 Å². The van der Waals surface area contributed by atoms with Gasteiger partial charge >= 0.3 is 0 Å². The zero-order chi connectivity index (χ0) is 17.9. The lowest BCUT2D eigenvalue weighted by Gasteiger charge is -2.05. The molecule has 2 nitrogen and oxygen atoms in total. The fourth-order valence-electron chi connectivity index (χ4n) is 2.63. The molecule has 0 saturated heterocycles. The Morgan fingerprint density at radius 3 is 1.56 bits per heavy atom. The number of aryl methyl sites for hydroxylation is 1. The molecule has 3 aromatic carbocycles. The summed E-state index contributed by atoms with van der Waals surface area (Å²) in [6.45, 7) is 2.24. The van der Waals surface area contributed by atoms with E-state index in [1.807, 2.05) is 12.1 Å². The normalized spacial score (nSPS) is 9.96. The minimum Gasteiger partial charge on any atom is -0.507 e. The maximum absolute atomic E-state index is 9.58. The summed E-state index contributed by atoms with van der Waals surface area (Å²) in [6, 6.07) is 24.6. The molecule has 0 spiro atoms. The van der Waals surface area contributed by atoms with Crippen LogP contribution >= 0.6 is 0 Å². The molecule has 0 aliphatic rings. The van der Waals surface area contributed by atoms with E-state index in [1.165, 1.54) is 31.2 Å². The number of phenolic OH excluding ortho intramolecular Hbond substituents is 2. The van der Waals surface area contributed by atoms with Crippen molar-refractivity contribution in [1.82, 2.24) is 0 Å². The number of para-hydroxylation sites is 2.